The van der Waals surface area contributed by atoms with Crippen molar-refractivity contribution < 1.29 is 17.1 Å². The van der Waals surface area contributed by atoms with E-state index in [9.17, 15) is 0 Å². The molecule has 0 amide bonds. The van der Waals surface area contributed by atoms with Crippen LogP contribution in [0.2, 0.25) is 13.1 Å². The maximum Gasteiger partial charge on any atom is 1.00 e. The Morgan fingerprint density at radius 2 is 0.765 bits per heavy atom. The first-order valence-corrected chi connectivity index (χ1v) is 17.2. The van der Waals surface area contributed by atoms with E-state index in [-0.39, 0.29) is 17.1 Å². The van der Waals surface area contributed by atoms with Gasteiger partial charge >= 0.3 is 17.1 Å². The summed E-state index contributed by atoms with van der Waals surface area (Å²) >= 11 is 0. The summed E-state index contributed by atoms with van der Waals surface area (Å²) in [7, 11) is -4.38. The third-order valence-electron chi connectivity index (χ3n) is 7.39. The zero-order valence-corrected chi connectivity index (χ0v) is 23.4. The standard InChI is InChI=1S/C31H35Si2.Cu/c1-4-5-26-31(32(2,27-18-10-6-11-19-27)28-20-12-7-13-21-28)33(3,29-22-14-8-15-23-29)30-24-16-9-17-25-30;/h6-25H,4-5,26H2,1-3H3;/q-1;+1. The van der Waals surface area contributed by atoms with Crippen LogP contribution < -0.4 is 20.7 Å². The number of hydrogen-bond acceptors (Lipinski definition) is 0. The van der Waals surface area contributed by atoms with Gasteiger partial charge in [-0.25, -0.2) is 0 Å². The molecule has 0 saturated heterocycles. The normalized spacial score (nSPS) is 11.8. The molecule has 0 bridgehead atoms. The monoisotopic (exact) mass is 526 g/mol. The molecule has 0 aliphatic heterocycles. The van der Waals surface area contributed by atoms with Crippen LogP contribution in [0.1, 0.15) is 26.2 Å². The largest absolute Gasteiger partial charge is 1.00 e. The molecular weight excluding hydrogens is 492 g/mol. The molecule has 4 rings (SSSR count). The molecule has 4 aromatic carbocycles. The molecule has 34 heavy (non-hydrogen) atoms. The topological polar surface area (TPSA) is 0 Å². The van der Waals surface area contributed by atoms with Crippen LogP contribution in [-0.4, -0.2) is 16.1 Å². The van der Waals surface area contributed by atoms with Crippen molar-refractivity contribution in [1.29, 1.82) is 0 Å². The van der Waals surface area contributed by atoms with E-state index in [1.54, 1.807) is 0 Å². The van der Waals surface area contributed by atoms with E-state index in [0.717, 1.165) is 0 Å². The van der Waals surface area contributed by atoms with Crippen LogP contribution in [0, 0.1) is 5.16 Å². The van der Waals surface area contributed by atoms with E-state index >= 15 is 0 Å². The van der Waals surface area contributed by atoms with Crippen molar-refractivity contribution in [1.82, 2.24) is 0 Å². The van der Waals surface area contributed by atoms with Crippen LogP contribution in [-0.2, 0) is 17.1 Å². The van der Waals surface area contributed by atoms with Crippen molar-refractivity contribution in [2.45, 2.75) is 39.3 Å². The second-order valence-electron chi connectivity index (χ2n) is 9.30. The molecule has 0 saturated carbocycles. The molecule has 0 aliphatic rings. The molecule has 0 fully saturated rings. The van der Waals surface area contributed by atoms with Crippen LogP contribution in [0.5, 0.6) is 0 Å². The van der Waals surface area contributed by atoms with E-state index in [1.165, 1.54) is 40.0 Å². The molecule has 0 nitrogen and oxygen atoms in total. The Hall–Kier alpha value is -2.17. The first kappa shape index (κ1) is 26.4. The number of unbranched alkanes of at least 4 members (excludes halogenated alkanes) is 1. The first-order valence-electron chi connectivity index (χ1n) is 12.2. The maximum absolute atomic E-state index is 2.61. The Morgan fingerprint density at radius 3 is 1.00 bits per heavy atom. The molecule has 0 atom stereocenters. The summed E-state index contributed by atoms with van der Waals surface area (Å²) in [5.74, 6) is 0. The Morgan fingerprint density at radius 1 is 0.500 bits per heavy atom. The van der Waals surface area contributed by atoms with Crippen molar-refractivity contribution in [3.8, 4) is 0 Å². The molecule has 4 aromatic rings. The Kier molecular flexibility index (Phi) is 9.33. The van der Waals surface area contributed by atoms with Gasteiger partial charge in [-0.2, -0.15) is 6.42 Å². The Balaban J connectivity index is 0.00000324. The Bertz CT molecular complexity index is 947. The van der Waals surface area contributed by atoms with Crippen LogP contribution in [0.25, 0.3) is 0 Å². The van der Waals surface area contributed by atoms with Gasteiger partial charge in [0.2, 0.25) is 0 Å². The van der Waals surface area contributed by atoms with Gasteiger partial charge in [-0.1, -0.05) is 175 Å². The van der Waals surface area contributed by atoms with E-state index < -0.39 is 16.1 Å². The van der Waals surface area contributed by atoms with Crippen molar-refractivity contribution in [2.75, 3.05) is 0 Å². The number of benzene rings is 4. The summed E-state index contributed by atoms with van der Waals surface area (Å²) in [5, 5.41) is 7.91. The van der Waals surface area contributed by atoms with Gasteiger partial charge in [0.1, 0.15) is 0 Å². The minimum absolute atomic E-state index is 0. The summed E-state index contributed by atoms with van der Waals surface area (Å²) in [6.07, 6.45) is 3.64. The molecule has 3 heteroatoms. The summed E-state index contributed by atoms with van der Waals surface area (Å²) in [5.41, 5.74) is 0. The molecular formula is C31H35CuSi2. The molecule has 178 valence electrons. The van der Waals surface area contributed by atoms with Gasteiger partial charge in [-0.3, -0.25) is 5.16 Å². The third-order valence-corrected chi connectivity index (χ3v) is 19.3. The fraction of sp³-hybridized carbons (Fsp3) is 0.194. The van der Waals surface area contributed by atoms with Gasteiger partial charge < -0.3 is 0 Å². The number of rotatable bonds is 9. The molecule has 0 spiro atoms. The van der Waals surface area contributed by atoms with E-state index in [1.807, 2.05) is 5.16 Å². The summed E-state index contributed by atoms with van der Waals surface area (Å²) in [6.45, 7) is 7.55. The van der Waals surface area contributed by atoms with Crippen LogP contribution in [0.4, 0.5) is 0 Å². The molecule has 0 heterocycles. The third kappa shape index (κ3) is 5.09. The van der Waals surface area contributed by atoms with Gasteiger partial charge in [0.15, 0.2) is 0 Å². The van der Waals surface area contributed by atoms with Crippen LogP contribution >= 0.6 is 0 Å². The fourth-order valence-corrected chi connectivity index (χ4v) is 18.1. The van der Waals surface area contributed by atoms with Crippen LogP contribution in [0.3, 0.4) is 0 Å². The van der Waals surface area contributed by atoms with Crippen molar-refractivity contribution in [2.24, 2.45) is 0 Å². The predicted octanol–water partition coefficient (Wildman–Crippen LogP) is 5.61. The van der Waals surface area contributed by atoms with Gasteiger partial charge in [0.25, 0.3) is 0 Å². The Labute approximate surface area is 219 Å². The smallest absolute Gasteiger partial charge is 0.294 e. The molecule has 0 radical (unpaired) electrons. The second kappa shape index (κ2) is 12.0. The van der Waals surface area contributed by atoms with E-state index in [4.69, 9.17) is 0 Å². The van der Waals surface area contributed by atoms with E-state index in [2.05, 4.69) is 141 Å². The van der Waals surface area contributed by atoms with Crippen LogP contribution in [0.15, 0.2) is 121 Å². The van der Waals surface area contributed by atoms with Crippen molar-refractivity contribution >= 4 is 36.9 Å². The summed E-state index contributed by atoms with van der Waals surface area (Å²) < 4.78 is 0. The second-order valence-corrected chi connectivity index (χ2v) is 17.8. The SMILES string of the molecule is CCCC[C-]([Si](C)(c1ccccc1)c1ccccc1)[Si](C)(c1ccccc1)c1ccccc1.[Cu+]. The molecule has 0 aliphatic carbocycles. The first-order chi connectivity index (χ1) is 16.1. The summed E-state index contributed by atoms with van der Waals surface area (Å²) in [4.78, 5) is 0. The van der Waals surface area contributed by atoms with Crippen molar-refractivity contribution in [3.63, 3.8) is 0 Å². The summed E-state index contributed by atoms with van der Waals surface area (Å²) in [6, 6.07) is 45.5. The minimum Gasteiger partial charge on any atom is -0.294 e. The van der Waals surface area contributed by atoms with Gasteiger partial charge in [0, 0.05) is 0 Å². The van der Waals surface area contributed by atoms with Gasteiger partial charge in [-0.05, 0) is 16.1 Å². The molecule has 0 N–H and O–H groups in total. The quantitative estimate of drug-likeness (QED) is 0.196. The van der Waals surface area contributed by atoms with Gasteiger partial charge in [-0.15, -0.1) is 0 Å². The number of hydrogen-bond donors (Lipinski definition) is 0. The maximum atomic E-state index is 2.61. The van der Waals surface area contributed by atoms with Crippen molar-refractivity contribution in [3.05, 3.63) is 126 Å². The molecule has 0 aromatic heterocycles. The minimum atomic E-state index is -2.19. The average molecular weight is 527 g/mol. The average Bonchev–Trinajstić information content (AvgIpc) is 2.90. The predicted molar refractivity (Wildman–Crippen MR) is 150 cm³/mol. The zero-order chi connectivity index (χ0) is 23.2. The molecule has 0 unspecified atom stereocenters. The fourth-order valence-electron chi connectivity index (χ4n) is 5.47. The zero-order valence-electron chi connectivity index (χ0n) is 20.5. The van der Waals surface area contributed by atoms with E-state index in [0.29, 0.717) is 0 Å². The van der Waals surface area contributed by atoms with Gasteiger partial charge in [0.05, 0.1) is 0 Å².